The Balaban J connectivity index is 2.26. The fourth-order valence-electron chi connectivity index (χ4n) is 1.56. The van der Waals surface area contributed by atoms with Crippen molar-refractivity contribution in [3.05, 3.63) is 48.3 Å². The molecule has 0 fully saturated rings. The van der Waals surface area contributed by atoms with Crippen LogP contribution >= 0.6 is 0 Å². The first-order valence-corrected chi connectivity index (χ1v) is 5.40. The van der Waals surface area contributed by atoms with Gasteiger partial charge in [0.15, 0.2) is 0 Å². The molecule has 4 nitrogen and oxygen atoms in total. The molecular formula is C13H8F3NO3. The second kappa shape index (κ2) is 5.20. The molecule has 7 heteroatoms. The van der Waals surface area contributed by atoms with Gasteiger partial charge in [0.25, 0.3) is 0 Å². The molecule has 0 aliphatic carbocycles. The molecule has 0 spiro atoms. The fraction of sp³-hybridized carbons (Fsp3) is 0.0769. The quantitative estimate of drug-likeness (QED) is 0.938. The first-order chi connectivity index (χ1) is 9.35. The summed E-state index contributed by atoms with van der Waals surface area (Å²) in [6.45, 7) is 0. The molecule has 2 rings (SSSR count). The van der Waals surface area contributed by atoms with Gasteiger partial charge in [0.1, 0.15) is 5.75 Å². The highest BCUT2D eigenvalue weighted by Crippen LogP contribution is 2.26. The lowest BCUT2D eigenvalue weighted by molar-refractivity contribution is -0.274. The van der Waals surface area contributed by atoms with Crippen LogP contribution < -0.4 is 4.74 Å². The van der Waals surface area contributed by atoms with Gasteiger partial charge in [-0.2, -0.15) is 0 Å². The molecule has 0 radical (unpaired) electrons. The highest BCUT2D eigenvalue weighted by molar-refractivity contribution is 5.88. The molecular weight excluding hydrogens is 275 g/mol. The second-order valence-electron chi connectivity index (χ2n) is 3.84. The molecule has 0 atom stereocenters. The smallest absolute Gasteiger partial charge is 0.478 e. The van der Waals surface area contributed by atoms with Gasteiger partial charge in [-0.3, -0.25) is 4.98 Å². The topological polar surface area (TPSA) is 59.4 Å². The summed E-state index contributed by atoms with van der Waals surface area (Å²) in [7, 11) is 0. The SMILES string of the molecule is O=C(O)c1cncc(-c2ccc(OC(F)(F)F)cc2)c1. The van der Waals surface area contributed by atoms with E-state index in [9.17, 15) is 18.0 Å². The Hall–Kier alpha value is -2.57. The summed E-state index contributed by atoms with van der Waals surface area (Å²) in [5.74, 6) is -1.47. The number of aromatic carboxylic acids is 1. The maximum absolute atomic E-state index is 12.0. The van der Waals surface area contributed by atoms with Gasteiger partial charge >= 0.3 is 12.3 Å². The van der Waals surface area contributed by atoms with E-state index in [4.69, 9.17) is 5.11 Å². The summed E-state index contributed by atoms with van der Waals surface area (Å²) in [5.41, 5.74) is 1.02. The summed E-state index contributed by atoms with van der Waals surface area (Å²) in [6, 6.07) is 6.47. The number of alkyl halides is 3. The fourth-order valence-corrected chi connectivity index (χ4v) is 1.56. The zero-order valence-electron chi connectivity index (χ0n) is 9.89. The van der Waals surface area contributed by atoms with Crippen LogP contribution in [-0.4, -0.2) is 22.4 Å². The van der Waals surface area contributed by atoms with Gasteiger partial charge in [-0.25, -0.2) is 4.79 Å². The molecule has 104 valence electrons. The molecule has 0 amide bonds. The van der Waals surface area contributed by atoms with Gasteiger partial charge in [-0.05, 0) is 23.8 Å². The highest BCUT2D eigenvalue weighted by Gasteiger charge is 2.30. The summed E-state index contributed by atoms with van der Waals surface area (Å²) < 4.78 is 39.8. The Morgan fingerprint density at radius 2 is 1.75 bits per heavy atom. The first kappa shape index (κ1) is 13.9. The van der Waals surface area contributed by atoms with E-state index < -0.39 is 12.3 Å². The number of hydrogen-bond acceptors (Lipinski definition) is 3. The minimum Gasteiger partial charge on any atom is -0.478 e. The number of nitrogens with zero attached hydrogens (tertiary/aromatic N) is 1. The minimum atomic E-state index is -4.74. The summed E-state index contributed by atoms with van der Waals surface area (Å²) >= 11 is 0. The first-order valence-electron chi connectivity index (χ1n) is 5.40. The molecule has 0 aliphatic heterocycles. The number of benzene rings is 1. The van der Waals surface area contributed by atoms with Crippen LogP contribution in [0.4, 0.5) is 13.2 Å². The van der Waals surface area contributed by atoms with Crippen LogP contribution in [0.5, 0.6) is 5.75 Å². The van der Waals surface area contributed by atoms with E-state index in [0.29, 0.717) is 11.1 Å². The largest absolute Gasteiger partial charge is 0.573 e. The maximum Gasteiger partial charge on any atom is 0.573 e. The lowest BCUT2D eigenvalue weighted by Gasteiger charge is -2.09. The van der Waals surface area contributed by atoms with E-state index >= 15 is 0 Å². The third-order valence-corrected chi connectivity index (χ3v) is 2.41. The zero-order chi connectivity index (χ0) is 14.8. The van der Waals surface area contributed by atoms with Crippen molar-refractivity contribution >= 4 is 5.97 Å². The van der Waals surface area contributed by atoms with Crippen molar-refractivity contribution in [2.75, 3.05) is 0 Å². The average molecular weight is 283 g/mol. The van der Waals surface area contributed by atoms with Gasteiger partial charge in [0, 0.05) is 18.0 Å². The predicted molar refractivity (Wildman–Crippen MR) is 63.3 cm³/mol. The predicted octanol–water partition coefficient (Wildman–Crippen LogP) is 3.35. The molecule has 1 aromatic heterocycles. The Labute approximate surface area is 111 Å². The summed E-state index contributed by atoms with van der Waals surface area (Å²) in [5, 5.41) is 8.84. The molecule has 1 heterocycles. The summed E-state index contributed by atoms with van der Waals surface area (Å²) in [6.07, 6.45) is -2.13. The normalized spacial score (nSPS) is 11.2. The van der Waals surface area contributed by atoms with Crippen LogP contribution in [-0.2, 0) is 0 Å². The monoisotopic (exact) mass is 283 g/mol. The van der Waals surface area contributed by atoms with E-state index in [-0.39, 0.29) is 11.3 Å². The van der Waals surface area contributed by atoms with Crippen molar-refractivity contribution in [3.8, 4) is 16.9 Å². The molecule has 0 saturated heterocycles. The average Bonchev–Trinajstić information content (AvgIpc) is 2.38. The van der Waals surface area contributed by atoms with Crippen molar-refractivity contribution in [3.63, 3.8) is 0 Å². The zero-order valence-corrected chi connectivity index (χ0v) is 9.89. The van der Waals surface area contributed by atoms with Crippen LogP contribution in [0.2, 0.25) is 0 Å². The van der Waals surface area contributed by atoms with Crippen molar-refractivity contribution in [2.45, 2.75) is 6.36 Å². The van der Waals surface area contributed by atoms with Crippen molar-refractivity contribution < 1.29 is 27.8 Å². The van der Waals surface area contributed by atoms with Crippen LogP contribution in [0.1, 0.15) is 10.4 Å². The number of carboxylic acids is 1. The molecule has 1 N–H and O–H groups in total. The van der Waals surface area contributed by atoms with Crippen molar-refractivity contribution in [1.82, 2.24) is 4.98 Å². The third-order valence-electron chi connectivity index (χ3n) is 2.41. The molecule has 0 bridgehead atoms. The molecule has 0 aliphatic rings. The molecule has 2 aromatic rings. The molecule has 20 heavy (non-hydrogen) atoms. The minimum absolute atomic E-state index is 0.00174. The van der Waals surface area contributed by atoms with Crippen LogP contribution in [0.15, 0.2) is 42.7 Å². The molecule has 0 unspecified atom stereocenters. The lowest BCUT2D eigenvalue weighted by atomic mass is 10.1. The van der Waals surface area contributed by atoms with Gasteiger partial charge in [0.2, 0.25) is 0 Å². The number of carbonyl (C=O) groups is 1. The Morgan fingerprint density at radius 3 is 2.30 bits per heavy atom. The number of hydrogen-bond donors (Lipinski definition) is 1. The standard InChI is InChI=1S/C13H8F3NO3/c14-13(15,16)20-11-3-1-8(2-4-11)9-5-10(12(18)19)7-17-6-9/h1-7H,(H,18,19). The number of carboxylic acid groups (broad SMARTS) is 1. The number of ether oxygens (including phenoxy) is 1. The van der Waals surface area contributed by atoms with E-state index in [1.54, 1.807) is 0 Å². The number of pyridine rings is 1. The third kappa shape index (κ3) is 3.47. The Morgan fingerprint density at radius 1 is 1.10 bits per heavy atom. The number of aromatic nitrogens is 1. The second-order valence-corrected chi connectivity index (χ2v) is 3.84. The van der Waals surface area contributed by atoms with E-state index in [1.165, 1.54) is 30.6 Å². The van der Waals surface area contributed by atoms with Crippen LogP contribution in [0, 0.1) is 0 Å². The Bertz CT molecular complexity index is 624. The van der Waals surface area contributed by atoms with E-state index in [1.807, 2.05) is 0 Å². The van der Waals surface area contributed by atoms with Gasteiger partial charge in [-0.15, -0.1) is 13.2 Å². The van der Waals surface area contributed by atoms with Gasteiger partial charge < -0.3 is 9.84 Å². The number of rotatable bonds is 3. The number of halogens is 3. The van der Waals surface area contributed by atoms with E-state index in [0.717, 1.165) is 12.1 Å². The maximum atomic E-state index is 12.0. The molecule has 0 saturated carbocycles. The van der Waals surface area contributed by atoms with Gasteiger partial charge in [0.05, 0.1) is 5.56 Å². The van der Waals surface area contributed by atoms with E-state index in [2.05, 4.69) is 9.72 Å². The summed E-state index contributed by atoms with van der Waals surface area (Å²) in [4.78, 5) is 14.6. The Kier molecular flexibility index (Phi) is 3.60. The lowest BCUT2D eigenvalue weighted by Crippen LogP contribution is -2.16. The van der Waals surface area contributed by atoms with Gasteiger partial charge in [-0.1, -0.05) is 12.1 Å². The van der Waals surface area contributed by atoms with Crippen molar-refractivity contribution in [1.29, 1.82) is 0 Å². The van der Waals surface area contributed by atoms with Crippen molar-refractivity contribution in [2.24, 2.45) is 0 Å². The molecule has 1 aromatic carbocycles. The van der Waals surface area contributed by atoms with Crippen LogP contribution in [0.3, 0.4) is 0 Å². The van der Waals surface area contributed by atoms with Crippen LogP contribution in [0.25, 0.3) is 11.1 Å². The highest BCUT2D eigenvalue weighted by atomic mass is 19.4.